The van der Waals surface area contributed by atoms with Gasteiger partial charge in [0.25, 0.3) is 0 Å². The van der Waals surface area contributed by atoms with Crippen LogP contribution in [0.4, 0.5) is 17.3 Å². The first-order chi connectivity index (χ1) is 61.5. The van der Waals surface area contributed by atoms with Crippen molar-refractivity contribution in [1.82, 2.24) is 36.5 Å². The summed E-state index contributed by atoms with van der Waals surface area (Å²) in [6.45, 7) is 27.5. The van der Waals surface area contributed by atoms with Gasteiger partial charge in [-0.1, -0.05) is 261 Å². The minimum atomic E-state index is -3.17. The van der Waals surface area contributed by atoms with Crippen LogP contribution in [0.15, 0.2) is 150 Å². The largest absolute Gasteiger partial charge is 0.867 e. The Bertz CT molecular complexity index is 2820. The van der Waals surface area contributed by atoms with Crippen LogP contribution in [0.2, 0.25) is 0 Å². The Balaban J connectivity index is -0.000000669. The second-order valence-corrected chi connectivity index (χ2v) is 33.8. The number of hydrogen-bond donors (Lipinski definition) is 0. The summed E-state index contributed by atoms with van der Waals surface area (Å²) in [6.07, 6.45) is 117. The van der Waals surface area contributed by atoms with E-state index in [0.29, 0.717) is 0 Å². The molecule has 0 aliphatic heterocycles. The van der Waals surface area contributed by atoms with E-state index < -0.39 is 29.6 Å². The minimum absolute atomic E-state index is 1.17. The Morgan fingerprint density at radius 2 is 0.242 bits per heavy atom. The van der Waals surface area contributed by atoms with Gasteiger partial charge in [-0.3, -0.25) is 0 Å². The van der Waals surface area contributed by atoms with Gasteiger partial charge in [-0.25, -0.2) is 73.1 Å². The second kappa shape index (κ2) is 96.4. The Hall–Kier alpha value is -6.66. The predicted octanol–water partition coefficient (Wildman–Crippen LogP) is 12.0. The van der Waals surface area contributed by atoms with Gasteiger partial charge in [-0.05, 0) is 103 Å². The summed E-state index contributed by atoms with van der Waals surface area (Å²) >= 11 is 0. The second-order valence-electron chi connectivity index (χ2n) is 33.8. The highest BCUT2D eigenvalue weighted by molar-refractivity contribution is 6.27. The van der Waals surface area contributed by atoms with Gasteiger partial charge in [-0.15, -0.1) is 0 Å². The van der Waals surface area contributed by atoms with Crippen LogP contribution in [0.5, 0.6) is 0 Å². The molecule has 0 radical (unpaired) electrons. The summed E-state index contributed by atoms with van der Waals surface area (Å²) in [5.41, 5.74) is 0. The number of nitrogens with zero attached hydrogens (tertiary/aromatic N) is 16. The molecule has 0 saturated heterocycles. The van der Waals surface area contributed by atoms with Crippen molar-refractivity contribution in [2.24, 2.45) is 56.4 Å². The van der Waals surface area contributed by atoms with Crippen molar-refractivity contribution < 1.29 is 94.0 Å². The van der Waals surface area contributed by atoms with Gasteiger partial charge < -0.3 is 57.5 Å². The molecule has 0 fully saturated rings. The summed E-state index contributed by atoms with van der Waals surface area (Å²) in [5.74, 6) is 0. The molecule has 128 heavy (non-hydrogen) atoms. The summed E-state index contributed by atoms with van der Waals surface area (Å²) in [4.78, 5) is 0. The number of aromatic nitrogens is 16. The fourth-order valence-corrected chi connectivity index (χ4v) is 13.7. The lowest BCUT2D eigenvalue weighted by molar-refractivity contribution is -0.697. The van der Waals surface area contributed by atoms with Gasteiger partial charge in [0.1, 0.15) is 129 Å². The highest BCUT2D eigenvalue weighted by Crippen LogP contribution is 2.11. The van der Waals surface area contributed by atoms with Crippen LogP contribution in [0.1, 0.15) is 364 Å². The van der Waals surface area contributed by atoms with Crippen molar-refractivity contribution in [3.63, 3.8) is 0 Å². The molecule has 0 bridgehead atoms. The van der Waals surface area contributed by atoms with E-state index in [0.717, 1.165) is 0 Å². The van der Waals surface area contributed by atoms with Crippen LogP contribution in [0, 0.1) is 0 Å². The molecule has 0 spiro atoms. The summed E-state index contributed by atoms with van der Waals surface area (Å²) in [7, 11) is 3.87. The summed E-state index contributed by atoms with van der Waals surface area (Å²) in [6, 6.07) is 0. The molecule has 8 rings (SSSR count). The molecule has 736 valence electrons. The molecule has 24 nitrogen and oxygen atoms in total. The first-order valence-electron chi connectivity index (χ1n) is 49.5. The molecule has 8 aromatic rings. The van der Waals surface area contributed by atoms with E-state index in [1.165, 1.54) is 361 Å². The van der Waals surface area contributed by atoms with E-state index in [1.807, 2.05) is 0 Å². The van der Waals surface area contributed by atoms with E-state index >= 15 is 0 Å². The first-order valence-corrected chi connectivity index (χ1v) is 49.5. The number of hydrogen-bond acceptors (Lipinski definition) is 8. The molecule has 0 atom stereocenters. The van der Waals surface area contributed by atoms with Crippen molar-refractivity contribution in [3.8, 4) is 0 Å². The van der Waals surface area contributed by atoms with Crippen molar-refractivity contribution in [2.75, 3.05) is 0 Å². The zero-order valence-corrected chi connectivity index (χ0v) is 83.7. The van der Waals surface area contributed by atoms with E-state index in [1.54, 1.807) is 0 Å². The lowest BCUT2D eigenvalue weighted by Gasteiger charge is -2.09. The lowest BCUT2D eigenvalue weighted by atomic mass is 10.1. The van der Waals surface area contributed by atoms with Crippen LogP contribution in [-0.2, 0) is 109 Å². The quantitative estimate of drug-likeness (QED) is 0.0153. The average Bonchev–Trinajstić information content (AvgIpc) is 1.86. The van der Waals surface area contributed by atoms with E-state index in [4.69, 9.17) is 40.2 Å². The van der Waals surface area contributed by atoms with Crippen molar-refractivity contribution in [3.05, 3.63) is 150 Å². The number of aryl methyl sites for hydroxylation is 16. The Kier molecular flexibility index (Phi) is 96.1. The highest BCUT2D eigenvalue weighted by atomic mass is 19.1. The summed E-state index contributed by atoms with van der Waals surface area (Å²) < 4.78 is 74.4. The van der Waals surface area contributed by atoms with Gasteiger partial charge in [0, 0.05) is 0 Å². The van der Waals surface area contributed by atoms with Crippen molar-refractivity contribution in [2.45, 2.75) is 416 Å². The molecule has 8 aromatic heterocycles. The SMILES string of the molecule is CCCCCCCC[n+]1ccn(C)c1.CCCCCCCC[n+]1ccn(C)c1.CCCCCCCC[n+]1ccn(C)c1.CCCCCCCC[n+]1ccn(C)c1.CCCCCCCC[n+]1ccn(C)c1.CCCCCCCC[n+]1ccn(C)c1.CCCCCCCC[n+]1ccn(C)c1.CCCCCCCC[n+]1ccn(C)c1.[O-]B([O-])F.[O-]B([O-])F.[O-]B([O-])F.[O-]B([O-])F. The molecule has 0 unspecified atom stereocenters. The predicted molar refractivity (Wildman–Crippen MR) is 499 cm³/mol. The fourth-order valence-electron chi connectivity index (χ4n) is 13.7. The molecule has 0 saturated carbocycles. The third kappa shape index (κ3) is 99.9. The van der Waals surface area contributed by atoms with Gasteiger partial charge in [0.05, 0.1) is 109 Å². The third-order valence-corrected chi connectivity index (χ3v) is 20.7. The normalized spacial score (nSPS) is 10.2. The van der Waals surface area contributed by atoms with Crippen LogP contribution in [-0.4, -0.2) is 66.1 Å². The fraction of sp³-hybridized carbons (Fsp3) is 0.750. The van der Waals surface area contributed by atoms with Crippen LogP contribution in [0.3, 0.4) is 0 Å². The van der Waals surface area contributed by atoms with Crippen LogP contribution in [0.25, 0.3) is 0 Å². The Labute approximate surface area is 778 Å². The molecule has 8 heterocycles. The first kappa shape index (κ1) is 128. The van der Waals surface area contributed by atoms with E-state index in [2.05, 4.69) is 335 Å². The Morgan fingerprint density at radius 1 is 0.164 bits per heavy atom. The number of halogens is 4. The smallest absolute Gasteiger partial charge is 0.243 e. The van der Waals surface area contributed by atoms with Gasteiger partial charge in [0.2, 0.25) is 50.6 Å². The average molecular weight is 1810 g/mol. The maximum atomic E-state index is 9.89. The molecule has 0 aromatic carbocycles. The van der Waals surface area contributed by atoms with E-state index in [9.17, 15) is 17.3 Å². The zero-order chi connectivity index (χ0) is 96.1. The van der Waals surface area contributed by atoms with Crippen molar-refractivity contribution in [1.29, 1.82) is 0 Å². The Morgan fingerprint density at radius 3 is 0.312 bits per heavy atom. The summed E-state index contributed by atoms with van der Waals surface area (Å²) in [5, 5.41) is 66.4. The third-order valence-electron chi connectivity index (χ3n) is 20.7. The molecule has 32 heteroatoms. The zero-order valence-electron chi connectivity index (χ0n) is 83.7. The molecule has 0 amide bonds. The molecular formula is C96H184B4F4N16O8. The standard InChI is InChI=1S/8C12H23N2.4BFO2/c8*1-3-4-5-6-7-8-9-14-11-10-13(2)12-14;4*2-1(3)4/h8*10-12H,3-9H2,1-2H3;;;;/q8*+1;4*-2. The topological polar surface area (TPSA) is 255 Å². The monoisotopic (exact) mass is 1810 g/mol. The van der Waals surface area contributed by atoms with Gasteiger partial charge >= 0.3 is 0 Å². The van der Waals surface area contributed by atoms with Crippen molar-refractivity contribution >= 4 is 29.6 Å². The maximum absolute atomic E-state index is 9.89. The number of imidazole rings is 8. The lowest BCUT2D eigenvalue weighted by Crippen LogP contribution is -2.39. The molecule has 0 aliphatic rings. The number of rotatable bonds is 56. The van der Waals surface area contributed by atoms with Gasteiger partial charge in [-0.2, -0.15) is 0 Å². The van der Waals surface area contributed by atoms with Crippen LogP contribution >= 0.6 is 0 Å². The molecule has 0 aliphatic carbocycles. The highest BCUT2D eigenvalue weighted by Gasteiger charge is 2.07. The molecular weight excluding hydrogens is 1620 g/mol. The number of unbranched alkanes of at least 4 members (excludes halogenated alkanes) is 40. The minimum Gasteiger partial charge on any atom is -0.867 e. The van der Waals surface area contributed by atoms with E-state index in [-0.39, 0.29) is 0 Å². The maximum Gasteiger partial charge on any atom is 0.243 e. The molecule has 0 N–H and O–H groups in total. The van der Waals surface area contributed by atoms with Crippen LogP contribution < -0.4 is 76.7 Å². The van der Waals surface area contributed by atoms with Gasteiger partial charge in [0.15, 0.2) is 0 Å².